The Hall–Kier alpha value is -2.33. The number of rotatable bonds is 6. The van der Waals surface area contributed by atoms with Crippen LogP contribution in [0.5, 0.6) is 0 Å². The van der Waals surface area contributed by atoms with Gasteiger partial charge in [0.05, 0.1) is 0 Å². The van der Waals surface area contributed by atoms with Crippen LogP contribution in [0, 0.1) is 0 Å². The van der Waals surface area contributed by atoms with Crippen molar-refractivity contribution in [2.24, 2.45) is 0 Å². The van der Waals surface area contributed by atoms with E-state index < -0.39 is 0 Å². The van der Waals surface area contributed by atoms with Gasteiger partial charge in [-0.2, -0.15) is 0 Å². The highest BCUT2D eigenvalue weighted by molar-refractivity contribution is 6.30. The van der Waals surface area contributed by atoms with E-state index in [2.05, 4.69) is 19.2 Å². The summed E-state index contributed by atoms with van der Waals surface area (Å²) < 4.78 is 0. The van der Waals surface area contributed by atoms with E-state index >= 15 is 0 Å². The van der Waals surface area contributed by atoms with E-state index in [9.17, 15) is 9.59 Å². The first-order chi connectivity index (χ1) is 11.9. The fourth-order valence-corrected chi connectivity index (χ4v) is 2.87. The van der Waals surface area contributed by atoms with E-state index in [0.29, 0.717) is 29.6 Å². The van der Waals surface area contributed by atoms with Crippen molar-refractivity contribution >= 4 is 29.1 Å². The van der Waals surface area contributed by atoms with Crippen LogP contribution in [0.3, 0.4) is 0 Å². The highest BCUT2D eigenvalue weighted by Crippen LogP contribution is 2.27. The quantitative estimate of drug-likeness (QED) is 0.839. The molecular weight excluding hydrogens is 336 g/mol. The van der Waals surface area contributed by atoms with Crippen LogP contribution in [-0.4, -0.2) is 24.9 Å². The Morgan fingerprint density at radius 3 is 2.48 bits per heavy atom. The summed E-state index contributed by atoms with van der Waals surface area (Å²) in [6.45, 7) is 6.49. The standard InChI is InChI=1S/C20H23ClN2O2/c1-14(2)18-9-4-5-10-19(18)23(15(3)24)12-11-22-20(25)16-7-6-8-17(21)13-16/h4-10,13-14H,11-12H2,1-3H3,(H,22,25). The Bertz CT molecular complexity index is 759. The molecule has 0 unspecified atom stereocenters. The largest absolute Gasteiger partial charge is 0.350 e. The molecule has 0 spiro atoms. The van der Waals surface area contributed by atoms with Crippen LogP contribution >= 0.6 is 11.6 Å². The van der Waals surface area contributed by atoms with Gasteiger partial charge in [0.1, 0.15) is 0 Å². The summed E-state index contributed by atoms with van der Waals surface area (Å²) in [5, 5.41) is 3.36. The number of para-hydroxylation sites is 1. The van der Waals surface area contributed by atoms with Crippen LogP contribution < -0.4 is 10.2 Å². The van der Waals surface area contributed by atoms with Crippen molar-refractivity contribution in [1.29, 1.82) is 0 Å². The fourth-order valence-electron chi connectivity index (χ4n) is 2.68. The van der Waals surface area contributed by atoms with Gasteiger partial charge in [0.15, 0.2) is 0 Å². The maximum atomic E-state index is 12.2. The molecule has 0 aliphatic heterocycles. The third-order valence-corrected chi connectivity index (χ3v) is 4.17. The van der Waals surface area contributed by atoms with Crippen molar-refractivity contribution in [3.63, 3.8) is 0 Å². The molecule has 0 saturated heterocycles. The fraction of sp³-hybridized carbons (Fsp3) is 0.300. The minimum absolute atomic E-state index is 0.0508. The number of hydrogen-bond acceptors (Lipinski definition) is 2. The number of carbonyl (C=O) groups excluding carboxylic acids is 2. The lowest BCUT2D eigenvalue weighted by Gasteiger charge is -2.25. The summed E-state index contributed by atoms with van der Waals surface area (Å²) in [6, 6.07) is 14.6. The van der Waals surface area contributed by atoms with Crippen molar-refractivity contribution in [2.75, 3.05) is 18.0 Å². The second-order valence-electron chi connectivity index (χ2n) is 6.15. The molecule has 5 heteroatoms. The number of amides is 2. The Labute approximate surface area is 153 Å². The van der Waals surface area contributed by atoms with E-state index in [1.807, 2.05) is 24.3 Å². The average molecular weight is 359 g/mol. The van der Waals surface area contributed by atoms with Gasteiger partial charge in [-0.3, -0.25) is 9.59 Å². The Kier molecular flexibility index (Phi) is 6.59. The minimum Gasteiger partial charge on any atom is -0.350 e. The smallest absolute Gasteiger partial charge is 0.251 e. The van der Waals surface area contributed by atoms with Crippen LogP contribution in [0.1, 0.15) is 42.6 Å². The molecule has 132 valence electrons. The van der Waals surface area contributed by atoms with E-state index in [-0.39, 0.29) is 11.8 Å². The average Bonchev–Trinajstić information content (AvgIpc) is 2.58. The van der Waals surface area contributed by atoms with Crippen molar-refractivity contribution in [3.05, 3.63) is 64.7 Å². The molecule has 0 aromatic heterocycles. The van der Waals surface area contributed by atoms with Gasteiger partial charge in [-0.05, 0) is 35.7 Å². The zero-order valence-corrected chi connectivity index (χ0v) is 15.5. The summed E-state index contributed by atoms with van der Waals surface area (Å²) >= 11 is 5.91. The van der Waals surface area contributed by atoms with Crippen molar-refractivity contribution in [1.82, 2.24) is 5.32 Å². The van der Waals surface area contributed by atoms with Gasteiger partial charge in [-0.15, -0.1) is 0 Å². The topological polar surface area (TPSA) is 49.4 Å². The van der Waals surface area contributed by atoms with Crippen molar-refractivity contribution in [3.8, 4) is 0 Å². The lowest BCUT2D eigenvalue weighted by molar-refractivity contribution is -0.116. The van der Waals surface area contributed by atoms with Crippen molar-refractivity contribution < 1.29 is 9.59 Å². The number of benzene rings is 2. The second-order valence-corrected chi connectivity index (χ2v) is 6.59. The normalized spacial score (nSPS) is 10.6. The number of hydrogen-bond donors (Lipinski definition) is 1. The predicted octanol–water partition coefficient (Wildman–Crippen LogP) is 4.25. The van der Waals surface area contributed by atoms with Gasteiger partial charge < -0.3 is 10.2 Å². The van der Waals surface area contributed by atoms with Gasteiger partial charge in [0.2, 0.25) is 5.91 Å². The number of anilines is 1. The maximum absolute atomic E-state index is 12.2. The number of nitrogens with zero attached hydrogens (tertiary/aromatic N) is 1. The van der Waals surface area contributed by atoms with E-state index in [4.69, 9.17) is 11.6 Å². The SMILES string of the molecule is CC(=O)N(CCNC(=O)c1cccc(Cl)c1)c1ccccc1C(C)C. The zero-order chi connectivity index (χ0) is 18.4. The number of halogens is 1. The summed E-state index contributed by atoms with van der Waals surface area (Å²) in [7, 11) is 0. The predicted molar refractivity (Wildman–Crippen MR) is 102 cm³/mol. The summed E-state index contributed by atoms with van der Waals surface area (Å²) in [5.74, 6) is 0.0485. The van der Waals surface area contributed by atoms with Gasteiger partial charge in [0.25, 0.3) is 5.91 Å². The van der Waals surface area contributed by atoms with E-state index in [1.54, 1.807) is 29.2 Å². The zero-order valence-electron chi connectivity index (χ0n) is 14.8. The molecular formula is C20H23ClN2O2. The molecule has 0 saturated carbocycles. The third kappa shape index (κ3) is 5.07. The molecule has 2 aromatic carbocycles. The van der Waals surface area contributed by atoms with Gasteiger partial charge >= 0.3 is 0 Å². The van der Waals surface area contributed by atoms with Gasteiger partial charge in [-0.1, -0.05) is 49.7 Å². The lowest BCUT2D eigenvalue weighted by atomic mass is 10.0. The van der Waals surface area contributed by atoms with Crippen LogP contribution in [0.15, 0.2) is 48.5 Å². The lowest BCUT2D eigenvalue weighted by Crippen LogP contribution is -2.38. The highest BCUT2D eigenvalue weighted by atomic mass is 35.5. The molecule has 2 aromatic rings. The van der Waals surface area contributed by atoms with Crippen LogP contribution in [0.25, 0.3) is 0 Å². The van der Waals surface area contributed by atoms with Crippen LogP contribution in [0.2, 0.25) is 5.02 Å². The third-order valence-electron chi connectivity index (χ3n) is 3.94. The minimum atomic E-state index is -0.205. The molecule has 0 heterocycles. The Balaban J connectivity index is 2.06. The molecule has 0 aliphatic rings. The van der Waals surface area contributed by atoms with Crippen LogP contribution in [0.4, 0.5) is 5.69 Å². The number of carbonyl (C=O) groups is 2. The first kappa shape index (κ1) is 19.0. The maximum Gasteiger partial charge on any atom is 0.251 e. The first-order valence-electron chi connectivity index (χ1n) is 8.31. The molecule has 2 rings (SSSR count). The van der Waals surface area contributed by atoms with E-state index in [0.717, 1.165) is 11.3 Å². The molecule has 25 heavy (non-hydrogen) atoms. The van der Waals surface area contributed by atoms with Gasteiger partial charge in [-0.25, -0.2) is 0 Å². The molecule has 0 bridgehead atoms. The summed E-state index contributed by atoms with van der Waals surface area (Å²) in [6.07, 6.45) is 0. The first-order valence-corrected chi connectivity index (χ1v) is 8.68. The molecule has 0 fully saturated rings. The van der Waals surface area contributed by atoms with Gasteiger partial charge in [0, 0.05) is 36.3 Å². The van der Waals surface area contributed by atoms with Crippen molar-refractivity contribution in [2.45, 2.75) is 26.7 Å². The van der Waals surface area contributed by atoms with Crippen LogP contribution in [-0.2, 0) is 4.79 Å². The number of nitrogens with one attached hydrogen (secondary N) is 1. The monoisotopic (exact) mass is 358 g/mol. The molecule has 0 aliphatic carbocycles. The summed E-state index contributed by atoms with van der Waals surface area (Å²) in [5.41, 5.74) is 2.50. The highest BCUT2D eigenvalue weighted by Gasteiger charge is 2.17. The molecule has 2 amide bonds. The summed E-state index contributed by atoms with van der Waals surface area (Å²) in [4.78, 5) is 26.0. The van der Waals surface area contributed by atoms with E-state index in [1.165, 1.54) is 6.92 Å². The molecule has 0 atom stereocenters. The molecule has 4 nitrogen and oxygen atoms in total. The molecule has 1 N–H and O–H groups in total. The second kappa shape index (κ2) is 8.67. The Morgan fingerprint density at radius 2 is 1.84 bits per heavy atom. The Morgan fingerprint density at radius 1 is 1.12 bits per heavy atom. The molecule has 0 radical (unpaired) electrons.